The van der Waals surface area contributed by atoms with Gasteiger partial charge in [-0.3, -0.25) is 0 Å². The van der Waals surface area contributed by atoms with Crippen LogP contribution in [0.4, 0.5) is 4.39 Å². The fraction of sp³-hybridized carbons (Fsp3) is 0.500. The van der Waals surface area contributed by atoms with Crippen molar-refractivity contribution in [1.29, 1.82) is 0 Å². The van der Waals surface area contributed by atoms with E-state index in [4.69, 9.17) is 9.47 Å². The maximum Gasteiger partial charge on any atom is 0.129 e. The zero-order chi connectivity index (χ0) is 24.4. The third-order valence-corrected chi connectivity index (χ3v) is 9.65. The summed E-state index contributed by atoms with van der Waals surface area (Å²) in [6.07, 6.45) is 9.39. The average Bonchev–Trinajstić information content (AvgIpc) is 3.47. The molecule has 2 aromatic carbocycles. The van der Waals surface area contributed by atoms with Gasteiger partial charge >= 0.3 is 0 Å². The molecule has 5 nitrogen and oxygen atoms in total. The van der Waals surface area contributed by atoms with Gasteiger partial charge in [-0.1, -0.05) is 24.3 Å². The highest BCUT2D eigenvalue weighted by Gasteiger charge is 2.58. The van der Waals surface area contributed by atoms with E-state index in [1.54, 1.807) is 25.7 Å². The summed E-state index contributed by atoms with van der Waals surface area (Å²) in [4.78, 5) is 4.32. The molecule has 1 aromatic heterocycles. The summed E-state index contributed by atoms with van der Waals surface area (Å²) in [5.41, 5.74) is 3.63. The van der Waals surface area contributed by atoms with Crippen molar-refractivity contribution in [3.63, 3.8) is 0 Å². The van der Waals surface area contributed by atoms with Crippen molar-refractivity contribution in [3.8, 4) is 17.0 Å². The lowest BCUT2D eigenvalue weighted by Gasteiger charge is -2.61. The van der Waals surface area contributed by atoms with Crippen LogP contribution >= 0.6 is 0 Å². The Morgan fingerprint density at radius 3 is 2.64 bits per heavy atom. The van der Waals surface area contributed by atoms with E-state index in [-0.39, 0.29) is 23.4 Å². The van der Waals surface area contributed by atoms with Crippen LogP contribution in [-0.4, -0.2) is 34.0 Å². The van der Waals surface area contributed by atoms with Gasteiger partial charge in [0, 0.05) is 11.1 Å². The third kappa shape index (κ3) is 3.45. The summed E-state index contributed by atoms with van der Waals surface area (Å²) in [5.74, 6) is 2.30. The van der Waals surface area contributed by atoms with Gasteiger partial charge in [0.1, 0.15) is 11.6 Å². The van der Waals surface area contributed by atoms with Crippen LogP contribution in [0.15, 0.2) is 55.0 Å². The van der Waals surface area contributed by atoms with Crippen molar-refractivity contribution in [2.75, 3.05) is 7.11 Å². The molecule has 1 N–H and O–H groups in total. The van der Waals surface area contributed by atoms with E-state index in [0.29, 0.717) is 36.3 Å². The van der Waals surface area contributed by atoms with E-state index in [0.717, 1.165) is 41.8 Å². The molecule has 2 heterocycles. The first-order valence-electron chi connectivity index (χ1n) is 13.3. The van der Waals surface area contributed by atoms with E-state index >= 15 is 0 Å². The second-order valence-corrected chi connectivity index (χ2v) is 11.6. The number of benzene rings is 2. The number of hydrogen-bond acceptors (Lipinski definition) is 4. The number of aliphatic hydroxyl groups excluding tert-OH is 1. The molecule has 4 fully saturated rings. The van der Waals surface area contributed by atoms with Gasteiger partial charge in [-0.15, -0.1) is 0 Å². The fourth-order valence-corrected chi connectivity index (χ4v) is 8.33. The van der Waals surface area contributed by atoms with E-state index < -0.39 is 6.10 Å². The summed E-state index contributed by atoms with van der Waals surface area (Å²) in [5, 5.41) is 11.8. The molecule has 0 saturated heterocycles. The number of fused-ring (bicyclic) bond motifs is 3. The Bertz CT molecular complexity index is 1260. The van der Waals surface area contributed by atoms with Crippen LogP contribution in [0.2, 0.25) is 0 Å². The smallest absolute Gasteiger partial charge is 0.129 e. The van der Waals surface area contributed by atoms with Crippen LogP contribution in [0.1, 0.15) is 55.7 Å². The number of hydrogen-bond donors (Lipinski definition) is 1. The third-order valence-electron chi connectivity index (χ3n) is 9.65. The zero-order valence-electron chi connectivity index (χ0n) is 20.6. The zero-order valence-corrected chi connectivity index (χ0v) is 20.6. The molecule has 8 rings (SSSR count). The molecule has 4 unspecified atom stereocenters. The lowest BCUT2D eigenvalue weighted by Crippen LogP contribution is -2.58. The molecule has 36 heavy (non-hydrogen) atoms. The maximum atomic E-state index is 15.0. The molecule has 4 saturated carbocycles. The highest BCUT2D eigenvalue weighted by molar-refractivity contribution is 5.69. The Morgan fingerprint density at radius 1 is 1.11 bits per heavy atom. The molecule has 5 aliphatic rings. The highest BCUT2D eigenvalue weighted by atomic mass is 19.1. The van der Waals surface area contributed by atoms with Crippen LogP contribution < -0.4 is 4.74 Å². The maximum absolute atomic E-state index is 15.0. The van der Waals surface area contributed by atoms with Gasteiger partial charge in [-0.05, 0) is 85.5 Å². The SMILES string of the molecule is COc1ccc(COC2C3CC4CC2CC(C(O)CC2c5c(F)cccc5-c5cncn52)(C4)C3)cc1. The van der Waals surface area contributed by atoms with E-state index in [9.17, 15) is 9.50 Å². The number of halogens is 1. The van der Waals surface area contributed by atoms with Crippen molar-refractivity contribution in [2.24, 2.45) is 23.2 Å². The van der Waals surface area contributed by atoms with Crippen LogP contribution in [-0.2, 0) is 11.3 Å². The predicted molar refractivity (Wildman–Crippen MR) is 134 cm³/mol. The first-order valence-corrected chi connectivity index (χ1v) is 13.3. The van der Waals surface area contributed by atoms with E-state index in [1.807, 2.05) is 18.2 Å². The van der Waals surface area contributed by atoms with Gasteiger partial charge in [0.15, 0.2) is 0 Å². The summed E-state index contributed by atoms with van der Waals surface area (Å²) >= 11 is 0. The largest absolute Gasteiger partial charge is 0.497 e. The minimum Gasteiger partial charge on any atom is -0.497 e. The van der Waals surface area contributed by atoms with Crippen LogP contribution in [0.3, 0.4) is 0 Å². The molecule has 0 spiro atoms. The molecular weight excluding hydrogens is 455 g/mol. The first-order chi connectivity index (χ1) is 17.5. The molecule has 188 valence electrons. The van der Waals surface area contributed by atoms with Gasteiger partial charge in [0.2, 0.25) is 0 Å². The lowest BCUT2D eigenvalue weighted by atomic mass is 9.46. The molecular formula is C30H33FN2O3. The molecule has 4 atom stereocenters. The van der Waals surface area contributed by atoms with Crippen LogP contribution in [0.5, 0.6) is 5.75 Å². The Labute approximate surface area is 211 Å². The number of rotatable bonds is 7. The summed E-state index contributed by atoms with van der Waals surface area (Å²) in [7, 11) is 1.68. The number of aromatic nitrogens is 2. The van der Waals surface area contributed by atoms with Gasteiger partial charge < -0.3 is 19.1 Å². The Morgan fingerprint density at radius 2 is 1.89 bits per heavy atom. The van der Waals surface area contributed by atoms with Gasteiger partial charge in [-0.25, -0.2) is 9.37 Å². The van der Waals surface area contributed by atoms with Gasteiger partial charge in [0.05, 0.1) is 50.2 Å². The van der Waals surface area contributed by atoms with Crippen LogP contribution in [0, 0.1) is 29.0 Å². The number of ether oxygens (including phenoxy) is 2. The molecule has 1 aliphatic heterocycles. The van der Waals surface area contributed by atoms with Gasteiger partial charge in [-0.2, -0.15) is 0 Å². The molecule has 6 heteroatoms. The quantitative estimate of drug-likeness (QED) is 0.459. The highest BCUT2D eigenvalue weighted by Crippen LogP contribution is 2.63. The minimum atomic E-state index is -0.473. The molecule has 4 aliphatic carbocycles. The first kappa shape index (κ1) is 22.5. The Kier molecular flexibility index (Phi) is 5.26. The second-order valence-electron chi connectivity index (χ2n) is 11.6. The number of nitrogens with zero attached hydrogens (tertiary/aromatic N) is 2. The van der Waals surface area contributed by atoms with Crippen molar-refractivity contribution < 1.29 is 19.0 Å². The predicted octanol–water partition coefficient (Wildman–Crippen LogP) is 5.76. The van der Waals surface area contributed by atoms with Crippen molar-refractivity contribution in [3.05, 3.63) is 71.9 Å². The monoisotopic (exact) mass is 488 g/mol. The molecule has 3 aromatic rings. The molecule has 0 amide bonds. The van der Waals surface area contributed by atoms with Crippen LogP contribution in [0.25, 0.3) is 11.3 Å². The average molecular weight is 489 g/mol. The Balaban J connectivity index is 1.09. The van der Waals surface area contributed by atoms with Gasteiger partial charge in [0.25, 0.3) is 0 Å². The summed E-state index contributed by atoms with van der Waals surface area (Å²) in [6, 6.07) is 13.2. The number of imidazole rings is 1. The van der Waals surface area contributed by atoms with Crippen molar-refractivity contribution in [2.45, 2.75) is 63.4 Å². The molecule has 0 radical (unpaired) electrons. The minimum absolute atomic E-state index is 0.0920. The fourth-order valence-electron chi connectivity index (χ4n) is 8.33. The normalized spacial score (nSPS) is 32.4. The van der Waals surface area contributed by atoms with E-state index in [2.05, 4.69) is 21.7 Å². The van der Waals surface area contributed by atoms with E-state index in [1.165, 1.54) is 18.9 Å². The van der Waals surface area contributed by atoms with Crippen molar-refractivity contribution in [1.82, 2.24) is 9.55 Å². The lowest BCUT2D eigenvalue weighted by molar-refractivity contribution is -0.192. The summed E-state index contributed by atoms with van der Waals surface area (Å²) in [6.45, 7) is 0.615. The standard InChI is InChI=1S/C30H33FN2O3/c1-35-22-7-5-18(6-8-22)16-36-29-20-9-19-10-21(29)14-30(12-19,13-20)27(34)11-25-28-23(3-2-4-24(28)31)26-15-32-17-33(25)26/h2-8,15,17,19-21,25,27,29,34H,9-14,16H2,1H3. The number of aliphatic hydroxyl groups is 1. The number of methoxy groups -OCH3 is 1. The topological polar surface area (TPSA) is 56.5 Å². The summed E-state index contributed by atoms with van der Waals surface area (Å²) < 4.78 is 28.9. The molecule has 4 bridgehead atoms. The Hall–Kier alpha value is -2.70. The second kappa shape index (κ2) is 8.42. The van der Waals surface area contributed by atoms with Crippen molar-refractivity contribution >= 4 is 0 Å².